The Bertz CT molecular complexity index is 785. The first-order valence-corrected chi connectivity index (χ1v) is 7.85. The summed E-state index contributed by atoms with van der Waals surface area (Å²) in [6.07, 6.45) is 0.0272. The van der Waals surface area contributed by atoms with Gasteiger partial charge >= 0.3 is 0 Å². The molecule has 1 saturated heterocycles. The van der Waals surface area contributed by atoms with E-state index < -0.39 is 5.91 Å². The normalized spacial score (nSPS) is 14.6. The standard InChI is InChI=1S/C17H20N4O3/c1-24-16-11-4-2-3-5-12(11)20-13(15(16)17(18)23)10-14(22)21-8-6-19-7-9-21/h2-5,19H,6-10H2,1H3,(H2,18,23). The molecule has 1 fully saturated rings. The summed E-state index contributed by atoms with van der Waals surface area (Å²) in [6, 6.07) is 7.32. The molecule has 7 nitrogen and oxygen atoms in total. The number of methoxy groups -OCH3 is 1. The minimum Gasteiger partial charge on any atom is -0.495 e. The molecule has 126 valence electrons. The molecule has 3 N–H and O–H groups in total. The number of nitrogens with one attached hydrogen (secondary N) is 1. The first kappa shape index (κ1) is 16.2. The molecule has 2 amide bonds. The molecule has 1 aliphatic rings. The Morgan fingerprint density at radius 2 is 2.00 bits per heavy atom. The number of aromatic nitrogens is 1. The summed E-state index contributed by atoms with van der Waals surface area (Å²) in [5.74, 6) is -0.340. The Kier molecular flexibility index (Phi) is 4.61. The van der Waals surface area contributed by atoms with Crippen molar-refractivity contribution in [3.63, 3.8) is 0 Å². The average Bonchev–Trinajstić information content (AvgIpc) is 2.61. The van der Waals surface area contributed by atoms with Crippen molar-refractivity contribution in [2.75, 3.05) is 33.3 Å². The molecular weight excluding hydrogens is 308 g/mol. The lowest BCUT2D eigenvalue weighted by atomic mass is 10.0. The van der Waals surface area contributed by atoms with Gasteiger partial charge in [-0.25, -0.2) is 0 Å². The maximum absolute atomic E-state index is 12.5. The fraction of sp³-hybridized carbons (Fsp3) is 0.353. The van der Waals surface area contributed by atoms with Gasteiger partial charge in [0.05, 0.1) is 24.7 Å². The number of nitrogens with two attached hydrogens (primary N) is 1. The Balaban J connectivity index is 2.04. The third-order valence-corrected chi connectivity index (χ3v) is 4.16. The largest absolute Gasteiger partial charge is 0.495 e. The van der Waals surface area contributed by atoms with E-state index in [1.54, 1.807) is 4.90 Å². The molecule has 1 aliphatic heterocycles. The maximum atomic E-state index is 12.5. The van der Waals surface area contributed by atoms with Gasteiger partial charge in [-0.3, -0.25) is 14.6 Å². The average molecular weight is 328 g/mol. The van der Waals surface area contributed by atoms with E-state index in [1.165, 1.54) is 7.11 Å². The highest BCUT2D eigenvalue weighted by Gasteiger charge is 2.24. The van der Waals surface area contributed by atoms with Crippen molar-refractivity contribution in [2.24, 2.45) is 5.73 Å². The van der Waals surface area contributed by atoms with Crippen LogP contribution in [0.3, 0.4) is 0 Å². The molecule has 0 bridgehead atoms. The zero-order chi connectivity index (χ0) is 17.1. The number of carbonyl (C=O) groups excluding carboxylic acids is 2. The maximum Gasteiger partial charge on any atom is 0.254 e. The summed E-state index contributed by atoms with van der Waals surface area (Å²) in [4.78, 5) is 30.8. The summed E-state index contributed by atoms with van der Waals surface area (Å²) in [6.45, 7) is 2.83. The highest BCUT2D eigenvalue weighted by atomic mass is 16.5. The van der Waals surface area contributed by atoms with Crippen LogP contribution in [0.1, 0.15) is 16.1 Å². The number of fused-ring (bicyclic) bond motifs is 1. The predicted octanol–water partition coefficient (Wildman–Crippen LogP) is 0.317. The molecule has 0 spiro atoms. The van der Waals surface area contributed by atoms with Gasteiger partial charge in [-0.1, -0.05) is 12.1 Å². The Morgan fingerprint density at radius 3 is 2.67 bits per heavy atom. The first-order valence-electron chi connectivity index (χ1n) is 7.85. The highest BCUT2D eigenvalue weighted by molar-refractivity contribution is 6.03. The molecule has 7 heteroatoms. The molecule has 3 rings (SSSR count). The topological polar surface area (TPSA) is 97.5 Å². The summed E-state index contributed by atoms with van der Waals surface area (Å²) >= 11 is 0. The second kappa shape index (κ2) is 6.84. The number of primary amides is 1. The summed E-state index contributed by atoms with van der Waals surface area (Å²) in [5, 5.41) is 3.90. The van der Waals surface area contributed by atoms with E-state index in [0.717, 1.165) is 13.1 Å². The number of piperazine rings is 1. The van der Waals surface area contributed by atoms with Crippen molar-refractivity contribution in [3.05, 3.63) is 35.5 Å². The Hall–Kier alpha value is -2.67. The fourth-order valence-electron chi connectivity index (χ4n) is 2.99. The van der Waals surface area contributed by atoms with Crippen LogP contribution in [0.5, 0.6) is 5.75 Å². The van der Waals surface area contributed by atoms with E-state index in [1.807, 2.05) is 24.3 Å². The molecule has 0 aliphatic carbocycles. The van der Waals surface area contributed by atoms with E-state index in [4.69, 9.17) is 10.5 Å². The van der Waals surface area contributed by atoms with Gasteiger partial charge in [0, 0.05) is 31.6 Å². The second-order valence-electron chi connectivity index (χ2n) is 5.66. The van der Waals surface area contributed by atoms with Gasteiger partial charge in [0.15, 0.2) is 0 Å². The third-order valence-electron chi connectivity index (χ3n) is 4.16. The third kappa shape index (κ3) is 3.03. The fourth-order valence-corrected chi connectivity index (χ4v) is 2.99. The number of hydrogen-bond acceptors (Lipinski definition) is 5. The van der Waals surface area contributed by atoms with Crippen LogP contribution in [0.4, 0.5) is 0 Å². The van der Waals surface area contributed by atoms with Crippen LogP contribution in [-0.4, -0.2) is 55.0 Å². The van der Waals surface area contributed by atoms with E-state index in [9.17, 15) is 9.59 Å². The van der Waals surface area contributed by atoms with E-state index >= 15 is 0 Å². The minimum absolute atomic E-state index is 0.0272. The molecule has 0 saturated carbocycles. The summed E-state index contributed by atoms with van der Waals surface area (Å²) in [7, 11) is 1.48. The number of nitrogens with zero attached hydrogens (tertiary/aromatic N) is 2. The molecule has 0 atom stereocenters. The molecule has 1 aromatic carbocycles. The number of amides is 2. The molecule has 0 unspecified atom stereocenters. The highest BCUT2D eigenvalue weighted by Crippen LogP contribution is 2.30. The molecule has 24 heavy (non-hydrogen) atoms. The van der Waals surface area contributed by atoms with Crippen LogP contribution in [0.2, 0.25) is 0 Å². The lowest BCUT2D eigenvalue weighted by molar-refractivity contribution is -0.131. The van der Waals surface area contributed by atoms with E-state index in [-0.39, 0.29) is 17.9 Å². The van der Waals surface area contributed by atoms with Gasteiger partial charge in [-0.2, -0.15) is 0 Å². The zero-order valence-corrected chi connectivity index (χ0v) is 13.5. The van der Waals surface area contributed by atoms with E-state index in [2.05, 4.69) is 10.3 Å². The summed E-state index contributed by atoms with van der Waals surface area (Å²) < 4.78 is 5.41. The number of para-hydroxylation sites is 1. The lowest BCUT2D eigenvalue weighted by Gasteiger charge is -2.27. The predicted molar refractivity (Wildman–Crippen MR) is 90.0 cm³/mol. The monoisotopic (exact) mass is 328 g/mol. The van der Waals surface area contributed by atoms with Crippen LogP contribution in [-0.2, 0) is 11.2 Å². The SMILES string of the molecule is COc1c(C(N)=O)c(CC(=O)N2CCNCC2)nc2ccccc12. The van der Waals surface area contributed by atoms with Crippen molar-refractivity contribution in [2.45, 2.75) is 6.42 Å². The Morgan fingerprint density at radius 1 is 1.29 bits per heavy atom. The van der Waals surface area contributed by atoms with Crippen molar-refractivity contribution in [1.29, 1.82) is 0 Å². The number of benzene rings is 1. The zero-order valence-electron chi connectivity index (χ0n) is 13.5. The van der Waals surface area contributed by atoms with Crippen molar-refractivity contribution < 1.29 is 14.3 Å². The number of hydrogen-bond donors (Lipinski definition) is 2. The van der Waals surface area contributed by atoms with Crippen molar-refractivity contribution in [1.82, 2.24) is 15.2 Å². The van der Waals surface area contributed by atoms with Gasteiger partial charge < -0.3 is 20.7 Å². The van der Waals surface area contributed by atoms with Gasteiger partial charge in [0.1, 0.15) is 11.3 Å². The first-order chi connectivity index (χ1) is 11.6. The van der Waals surface area contributed by atoms with Crippen LogP contribution < -0.4 is 15.8 Å². The second-order valence-corrected chi connectivity index (χ2v) is 5.66. The lowest BCUT2D eigenvalue weighted by Crippen LogP contribution is -2.47. The molecule has 0 radical (unpaired) electrons. The number of rotatable bonds is 4. The smallest absolute Gasteiger partial charge is 0.254 e. The van der Waals surface area contributed by atoms with Gasteiger partial charge in [0.25, 0.3) is 5.91 Å². The van der Waals surface area contributed by atoms with Gasteiger partial charge in [-0.15, -0.1) is 0 Å². The Labute approximate surface area is 139 Å². The van der Waals surface area contributed by atoms with Gasteiger partial charge in [-0.05, 0) is 12.1 Å². The van der Waals surface area contributed by atoms with Gasteiger partial charge in [0.2, 0.25) is 5.91 Å². The van der Waals surface area contributed by atoms with Crippen molar-refractivity contribution in [3.8, 4) is 5.75 Å². The van der Waals surface area contributed by atoms with Crippen LogP contribution in [0.15, 0.2) is 24.3 Å². The van der Waals surface area contributed by atoms with Crippen LogP contribution in [0.25, 0.3) is 10.9 Å². The van der Waals surface area contributed by atoms with Crippen LogP contribution in [0, 0.1) is 0 Å². The van der Waals surface area contributed by atoms with Crippen molar-refractivity contribution >= 4 is 22.7 Å². The van der Waals surface area contributed by atoms with E-state index in [0.29, 0.717) is 35.4 Å². The minimum atomic E-state index is -0.645. The number of ether oxygens (including phenoxy) is 1. The molecule has 2 heterocycles. The van der Waals surface area contributed by atoms with Crippen LogP contribution >= 0.6 is 0 Å². The molecule has 1 aromatic heterocycles. The molecule has 2 aromatic rings. The number of carbonyl (C=O) groups is 2. The number of pyridine rings is 1. The quantitative estimate of drug-likeness (QED) is 0.842. The summed E-state index contributed by atoms with van der Waals surface area (Å²) in [5.41, 5.74) is 6.75. The molecular formula is C17H20N4O3.